The monoisotopic (exact) mass is 589 g/mol. The molecule has 5 rings (SSSR count). The Balaban J connectivity index is 1.05. The minimum Gasteiger partial charge on any atom is -0.494 e. The lowest BCUT2D eigenvalue weighted by molar-refractivity contribution is -0.147. The zero-order chi connectivity index (χ0) is 29.1. The van der Waals surface area contributed by atoms with Gasteiger partial charge in [-0.3, -0.25) is 19.1 Å². The van der Waals surface area contributed by atoms with Gasteiger partial charge in [-0.2, -0.15) is 0 Å². The first-order chi connectivity index (χ1) is 20.6. The summed E-state index contributed by atoms with van der Waals surface area (Å²) in [4.78, 5) is 29.9. The Morgan fingerprint density at radius 2 is 1.74 bits per heavy atom. The van der Waals surface area contributed by atoms with E-state index in [1.54, 1.807) is 17.4 Å². The number of rotatable bonds is 15. The number of piperazine rings is 1. The van der Waals surface area contributed by atoms with Crippen molar-refractivity contribution in [3.8, 4) is 5.75 Å². The Morgan fingerprint density at radius 1 is 0.905 bits per heavy atom. The number of pyridine rings is 1. The van der Waals surface area contributed by atoms with Crippen LogP contribution in [0.3, 0.4) is 0 Å². The highest BCUT2D eigenvalue weighted by atomic mass is 32.1. The summed E-state index contributed by atoms with van der Waals surface area (Å²) in [6.07, 6.45) is 7.78. The number of carbonyl (C=O) groups excluding carboxylic acids is 1. The second-order valence-corrected chi connectivity index (χ2v) is 12.1. The first kappa shape index (κ1) is 30.1. The van der Waals surface area contributed by atoms with Crippen LogP contribution < -0.4 is 15.2 Å². The summed E-state index contributed by atoms with van der Waals surface area (Å²) in [7, 11) is 0. The van der Waals surface area contributed by atoms with Crippen LogP contribution in [-0.4, -0.2) is 54.8 Å². The molecule has 0 bridgehead atoms. The Bertz CT molecular complexity index is 1510. The molecular weight excluding hydrogens is 546 g/mol. The predicted molar refractivity (Wildman–Crippen MR) is 173 cm³/mol. The van der Waals surface area contributed by atoms with Crippen molar-refractivity contribution >= 4 is 44.0 Å². The van der Waals surface area contributed by atoms with Gasteiger partial charge in [-0.05, 0) is 73.0 Å². The molecule has 1 aliphatic rings. The lowest BCUT2D eigenvalue weighted by Crippen LogP contribution is -2.46. The molecule has 0 spiro atoms. The summed E-state index contributed by atoms with van der Waals surface area (Å²) >= 11 is 1.81. The summed E-state index contributed by atoms with van der Waals surface area (Å²) in [5.74, 6) is 0.462. The fourth-order valence-electron chi connectivity index (χ4n) is 5.67. The van der Waals surface area contributed by atoms with Gasteiger partial charge in [-0.1, -0.05) is 38.7 Å². The average Bonchev–Trinajstić information content (AvgIpc) is 3.50. The first-order valence-corrected chi connectivity index (χ1v) is 16.4. The van der Waals surface area contributed by atoms with E-state index in [4.69, 9.17) is 9.47 Å². The third-order valence-electron chi connectivity index (χ3n) is 8.13. The van der Waals surface area contributed by atoms with E-state index >= 15 is 0 Å². The number of carbonyl (C=O) groups is 1. The van der Waals surface area contributed by atoms with Gasteiger partial charge in [-0.15, -0.1) is 11.3 Å². The van der Waals surface area contributed by atoms with Gasteiger partial charge in [0.15, 0.2) is 6.73 Å². The maximum atomic E-state index is 12.6. The fraction of sp³-hybridized carbons (Fsp3) is 0.471. The van der Waals surface area contributed by atoms with Gasteiger partial charge in [0.2, 0.25) is 0 Å². The van der Waals surface area contributed by atoms with Crippen LogP contribution in [0.5, 0.6) is 5.75 Å². The molecule has 0 radical (unpaired) electrons. The van der Waals surface area contributed by atoms with Gasteiger partial charge >= 0.3 is 5.97 Å². The molecule has 8 heteroatoms. The number of nitrogens with zero attached hydrogens (tertiary/aromatic N) is 3. The fourth-order valence-corrected chi connectivity index (χ4v) is 6.47. The van der Waals surface area contributed by atoms with Gasteiger partial charge in [-0.25, -0.2) is 0 Å². The maximum Gasteiger partial charge on any atom is 0.307 e. The summed E-state index contributed by atoms with van der Waals surface area (Å²) in [5, 5.41) is 4.46. The second-order valence-electron chi connectivity index (χ2n) is 11.1. The van der Waals surface area contributed by atoms with Crippen LogP contribution in [0.15, 0.2) is 64.8 Å². The van der Waals surface area contributed by atoms with Crippen molar-refractivity contribution in [2.45, 2.75) is 65.0 Å². The highest BCUT2D eigenvalue weighted by Gasteiger charge is 2.18. The molecule has 1 saturated heterocycles. The van der Waals surface area contributed by atoms with Crippen molar-refractivity contribution in [2.75, 3.05) is 44.2 Å². The molecule has 0 N–H and O–H groups in total. The van der Waals surface area contributed by atoms with E-state index in [0.29, 0.717) is 18.5 Å². The largest absolute Gasteiger partial charge is 0.494 e. The summed E-state index contributed by atoms with van der Waals surface area (Å²) < 4.78 is 14.4. The lowest BCUT2D eigenvalue weighted by Gasteiger charge is -2.36. The number of anilines is 1. The van der Waals surface area contributed by atoms with Crippen LogP contribution in [0.1, 0.15) is 58.3 Å². The molecule has 2 aromatic carbocycles. The van der Waals surface area contributed by atoms with E-state index in [1.807, 2.05) is 18.2 Å². The number of benzene rings is 2. The minimum absolute atomic E-state index is 0.0803. The average molecular weight is 590 g/mol. The quantitative estimate of drug-likeness (QED) is 0.109. The highest BCUT2D eigenvalue weighted by molar-refractivity contribution is 7.17. The van der Waals surface area contributed by atoms with Crippen LogP contribution in [0.4, 0.5) is 5.69 Å². The van der Waals surface area contributed by atoms with Crippen molar-refractivity contribution in [2.24, 2.45) is 0 Å². The number of hydrogen-bond acceptors (Lipinski definition) is 7. The number of thiophene rings is 1. The van der Waals surface area contributed by atoms with Crippen LogP contribution in [-0.2, 0) is 16.3 Å². The zero-order valence-electron chi connectivity index (χ0n) is 24.8. The zero-order valence-corrected chi connectivity index (χ0v) is 25.6. The molecular formula is C34H43N3O4S. The van der Waals surface area contributed by atoms with Crippen LogP contribution in [0.25, 0.3) is 21.0 Å². The third-order valence-corrected chi connectivity index (χ3v) is 9.01. The van der Waals surface area contributed by atoms with E-state index in [0.717, 1.165) is 76.0 Å². The SMILES string of the molecule is CCCCCCCC(=O)OCn1c(=O)ccc2ccc(OCCCCN3CCN(c4cccc5sccc45)CC3)cc21. The minimum atomic E-state index is -0.260. The van der Waals surface area contributed by atoms with Gasteiger partial charge < -0.3 is 14.4 Å². The van der Waals surface area contributed by atoms with Crippen molar-refractivity contribution in [3.63, 3.8) is 0 Å². The molecule has 0 saturated carbocycles. The first-order valence-electron chi connectivity index (χ1n) is 15.5. The molecule has 1 aliphatic heterocycles. The molecule has 0 amide bonds. The highest BCUT2D eigenvalue weighted by Crippen LogP contribution is 2.31. The summed E-state index contributed by atoms with van der Waals surface area (Å²) in [5.41, 5.74) is 1.88. The second kappa shape index (κ2) is 15.2. The van der Waals surface area contributed by atoms with Gasteiger partial charge in [0.1, 0.15) is 5.75 Å². The summed E-state index contributed by atoms with van der Waals surface area (Å²) in [6.45, 7) is 8.04. The Morgan fingerprint density at radius 3 is 2.60 bits per heavy atom. The number of unbranched alkanes of at least 4 members (excludes halogenated alkanes) is 5. The summed E-state index contributed by atoms with van der Waals surface area (Å²) in [6, 6.07) is 17.9. The molecule has 1 fully saturated rings. The smallest absolute Gasteiger partial charge is 0.307 e. The predicted octanol–water partition coefficient (Wildman–Crippen LogP) is 7.06. The molecule has 0 atom stereocenters. The molecule has 224 valence electrons. The number of aromatic nitrogens is 1. The number of fused-ring (bicyclic) bond motifs is 2. The van der Waals surface area contributed by atoms with Crippen molar-refractivity contribution in [1.82, 2.24) is 9.47 Å². The molecule has 0 unspecified atom stereocenters. The Kier molecular flexibility index (Phi) is 10.9. The van der Waals surface area contributed by atoms with Crippen LogP contribution in [0, 0.1) is 0 Å². The Labute approximate surface area is 252 Å². The van der Waals surface area contributed by atoms with E-state index < -0.39 is 0 Å². The lowest BCUT2D eigenvalue weighted by atomic mass is 10.1. The van der Waals surface area contributed by atoms with E-state index in [9.17, 15) is 9.59 Å². The van der Waals surface area contributed by atoms with Crippen LogP contribution in [0.2, 0.25) is 0 Å². The van der Waals surface area contributed by atoms with Crippen LogP contribution >= 0.6 is 11.3 Å². The number of hydrogen-bond donors (Lipinski definition) is 0. The van der Waals surface area contributed by atoms with Crippen molar-refractivity contribution < 1.29 is 14.3 Å². The van der Waals surface area contributed by atoms with Crippen molar-refractivity contribution in [1.29, 1.82) is 0 Å². The standard InChI is InChI=1S/C34H43N3O4S/c1-2-3-4-5-6-12-34(39)41-26-37-31-25-28(15-13-27(31)14-16-33(37)38)40-23-8-7-18-35-19-21-36(22-20-35)30-10-9-11-32-29(30)17-24-42-32/h9-11,13-17,24-25H,2-8,12,18-23,26H2,1H3. The molecule has 42 heavy (non-hydrogen) atoms. The Hall–Kier alpha value is -3.36. The topological polar surface area (TPSA) is 64.0 Å². The molecule has 3 heterocycles. The van der Waals surface area contributed by atoms with E-state index in [2.05, 4.69) is 46.4 Å². The van der Waals surface area contributed by atoms with E-state index in [-0.39, 0.29) is 18.3 Å². The van der Waals surface area contributed by atoms with Gasteiger partial charge in [0.25, 0.3) is 5.56 Å². The molecule has 4 aromatic rings. The number of ether oxygens (including phenoxy) is 2. The molecule has 2 aromatic heterocycles. The maximum absolute atomic E-state index is 12.6. The number of esters is 1. The van der Waals surface area contributed by atoms with Gasteiger partial charge in [0.05, 0.1) is 12.1 Å². The molecule has 0 aliphatic carbocycles. The van der Waals surface area contributed by atoms with Crippen molar-refractivity contribution in [3.05, 3.63) is 70.3 Å². The molecule has 7 nitrogen and oxygen atoms in total. The van der Waals surface area contributed by atoms with E-state index in [1.165, 1.54) is 39.2 Å². The third kappa shape index (κ3) is 7.92. The van der Waals surface area contributed by atoms with Gasteiger partial charge in [0, 0.05) is 60.5 Å². The normalized spacial score (nSPS) is 14.1.